The van der Waals surface area contributed by atoms with Crippen LogP contribution in [0.15, 0.2) is 71.8 Å². The maximum absolute atomic E-state index is 13.6. The van der Waals surface area contributed by atoms with Gasteiger partial charge in [-0.15, -0.1) is 0 Å². The topological polar surface area (TPSA) is 89.0 Å². The Morgan fingerprint density at radius 1 is 1.09 bits per heavy atom. The quantitative estimate of drug-likeness (QED) is 0.392. The van der Waals surface area contributed by atoms with Crippen molar-refractivity contribution >= 4 is 35.3 Å². The van der Waals surface area contributed by atoms with Gasteiger partial charge in [0.1, 0.15) is 17.3 Å². The Balaban J connectivity index is 1.53. The number of nitrogens with one attached hydrogen (secondary N) is 2. The molecule has 0 saturated heterocycles. The number of methoxy groups -OCH3 is 1. The molecule has 2 N–H and O–H groups in total. The third-order valence-corrected chi connectivity index (χ3v) is 4.47. The molecule has 0 aliphatic rings. The fourth-order valence-electron chi connectivity index (χ4n) is 2.60. The summed E-state index contributed by atoms with van der Waals surface area (Å²) in [5.41, 5.74) is 3.48. The predicted octanol–water partition coefficient (Wildman–Crippen LogP) is 4.27. The van der Waals surface area contributed by atoms with E-state index in [1.807, 2.05) is 0 Å². The Labute approximate surface area is 188 Å². The van der Waals surface area contributed by atoms with Crippen molar-refractivity contribution in [2.24, 2.45) is 5.10 Å². The van der Waals surface area contributed by atoms with Gasteiger partial charge in [-0.1, -0.05) is 29.8 Å². The van der Waals surface area contributed by atoms with E-state index < -0.39 is 17.6 Å². The summed E-state index contributed by atoms with van der Waals surface area (Å²) in [5.74, 6) is -0.635. The molecule has 0 spiro atoms. The zero-order valence-corrected chi connectivity index (χ0v) is 17.7. The zero-order valence-electron chi connectivity index (χ0n) is 17.0. The summed E-state index contributed by atoms with van der Waals surface area (Å²) in [6.07, 6.45) is 1.42. The lowest BCUT2D eigenvalue weighted by molar-refractivity contribution is -0.118. The maximum Gasteiger partial charge on any atom is 0.271 e. The van der Waals surface area contributed by atoms with Crippen molar-refractivity contribution in [2.75, 3.05) is 19.0 Å². The molecule has 0 aliphatic carbocycles. The van der Waals surface area contributed by atoms with Gasteiger partial charge in [0.15, 0.2) is 6.61 Å². The van der Waals surface area contributed by atoms with Crippen molar-refractivity contribution in [3.05, 3.63) is 88.7 Å². The van der Waals surface area contributed by atoms with Gasteiger partial charge in [0.2, 0.25) is 0 Å². The average molecular weight is 456 g/mol. The van der Waals surface area contributed by atoms with Gasteiger partial charge < -0.3 is 14.8 Å². The van der Waals surface area contributed by atoms with Crippen LogP contribution in [0.4, 0.5) is 10.1 Å². The second kappa shape index (κ2) is 10.9. The largest absolute Gasteiger partial charge is 0.497 e. The number of nitrogens with zero attached hydrogens (tertiary/aromatic N) is 1. The van der Waals surface area contributed by atoms with Crippen molar-refractivity contribution < 1.29 is 23.5 Å². The summed E-state index contributed by atoms with van der Waals surface area (Å²) in [6, 6.07) is 17.3. The van der Waals surface area contributed by atoms with Crippen LogP contribution in [0.2, 0.25) is 5.02 Å². The Hall–Kier alpha value is -3.91. The lowest BCUT2D eigenvalue weighted by Gasteiger charge is -2.09. The van der Waals surface area contributed by atoms with Gasteiger partial charge in [-0.05, 0) is 54.1 Å². The summed E-state index contributed by atoms with van der Waals surface area (Å²) in [4.78, 5) is 24.1. The number of ether oxygens (including phenoxy) is 2. The van der Waals surface area contributed by atoms with Crippen LogP contribution in [0.1, 0.15) is 15.9 Å². The number of carbonyl (C=O) groups is 2. The van der Waals surface area contributed by atoms with Crippen LogP contribution >= 0.6 is 11.6 Å². The molecule has 0 aromatic heterocycles. The van der Waals surface area contributed by atoms with E-state index in [2.05, 4.69) is 15.8 Å². The molecule has 3 rings (SSSR count). The molecule has 0 heterocycles. The SMILES string of the molecule is COc1cccc(C(=O)N/N=C/c2ccc(OCC(=O)Nc3ccccc3F)c(Cl)c2)c1. The number of hydrogen-bond donors (Lipinski definition) is 2. The Morgan fingerprint density at radius 2 is 1.91 bits per heavy atom. The molecule has 0 unspecified atom stereocenters. The van der Waals surface area contributed by atoms with E-state index in [-0.39, 0.29) is 23.1 Å². The average Bonchev–Trinajstić information content (AvgIpc) is 2.80. The van der Waals surface area contributed by atoms with E-state index in [0.29, 0.717) is 16.9 Å². The summed E-state index contributed by atoms with van der Waals surface area (Å²) < 4.78 is 24.1. The standard InChI is InChI=1S/C23H19ClFN3O4/c1-31-17-6-4-5-16(12-17)23(30)28-26-13-15-9-10-21(18(24)11-15)32-14-22(29)27-20-8-3-2-7-19(20)25/h2-13H,14H2,1H3,(H,27,29)(H,28,30)/b26-13+. The number of para-hydroxylation sites is 1. The third kappa shape index (κ3) is 6.29. The second-order valence-corrected chi connectivity index (χ2v) is 6.84. The van der Waals surface area contributed by atoms with E-state index >= 15 is 0 Å². The minimum atomic E-state index is -0.541. The van der Waals surface area contributed by atoms with Crippen molar-refractivity contribution in [1.82, 2.24) is 5.43 Å². The summed E-state index contributed by atoms with van der Waals surface area (Å²) >= 11 is 6.19. The molecule has 0 saturated carbocycles. The van der Waals surface area contributed by atoms with Gasteiger partial charge >= 0.3 is 0 Å². The van der Waals surface area contributed by atoms with Crippen LogP contribution in [0.5, 0.6) is 11.5 Å². The zero-order chi connectivity index (χ0) is 22.9. The Bertz CT molecular complexity index is 1150. The van der Waals surface area contributed by atoms with Gasteiger partial charge in [-0.3, -0.25) is 9.59 Å². The number of anilines is 1. The molecular weight excluding hydrogens is 437 g/mol. The first-order valence-corrected chi connectivity index (χ1v) is 9.78. The van der Waals surface area contributed by atoms with Gasteiger partial charge in [0.05, 0.1) is 24.0 Å². The minimum Gasteiger partial charge on any atom is -0.497 e. The number of carbonyl (C=O) groups excluding carboxylic acids is 2. The minimum absolute atomic E-state index is 0.0646. The molecule has 0 radical (unpaired) electrons. The fourth-order valence-corrected chi connectivity index (χ4v) is 2.84. The summed E-state index contributed by atoms with van der Waals surface area (Å²) in [6.45, 7) is -0.349. The molecule has 0 aliphatic heterocycles. The van der Waals surface area contributed by atoms with Crippen LogP contribution in [0.3, 0.4) is 0 Å². The van der Waals surface area contributed by atoms with Gasteiger partial charge in [0, 0.05) is 5.56 Å². The van der Waals surface area contributed by atoms with E-state index in [4.69, 9.17) is 21.1 Å². The first-order valence-electron chi connectivity index (χ1n) is 9.40. The molecule has 3 aromatic rings. The van der Waals surface area contributed by atoms with Crippen molar-refractivity contribution in [1.29, 1.82) is 0 Å². The number of benzene rings is 3. The van der Waals surface area contributed by atoms with Crippen LogP contribution in [0, 0.1) is 5.82 Å². The number of hydrogen-bond acceptors (Lipinski definition) is 5. The maximum atomic E-state index is 13.6. The van der Waals surface area contributed by atoms with Crippen molar-refractivity contribution in [2.45, 2.75) is 0 Å². The van der Waals surface area contributed by atoms with E-state index in [0.717, 1.165) is 0 Å². The Morgan fingerprint density at radius 3 is 2.66 bits per heavy atom. The number of hydrazone groups is 1. The molecule has 7 nitrogen and oxygen atoms in total. The molecule has 0 fully saturated rings. The number of amides is 2. The third-order valence-electron chi connectivity index (χ3n) is 4.17. The highest BCUT2D eigenvalue weighted by Crippen LogP contribution is 2.25. The second-order valence-electron chi connectivity index (χ2n) is 6.44. The molecule has 9 heteroatoms. The summed E-state index contributed by atoms with van der Waals surface area (Å²) in [5, 5.41) is 6.57. The Kier molecular flexibility index (Phi) is 7.77. The molecule has 0 bridgehead atoms. The first kappa shape index (κ1) is 22.8. The highest BCUT2D eigenvalue weighted by Gasteiger charge is 2.09. The van der Waals surface area contributed by atoms with Crippen molar-refractivity contribution in [3.63, 3.8) is 0 Å². The van der Waals surface area contributed by atoms with Gasteiger partial charge in [-0.25, -0.2) is 9.82 Å². The molecule has 164 valence electrons. The highest BCUT2D eigenvalue weighted by molar-refractivity contribution is 6.32. The monoisotopic (exact) mass is 455 g/mol. The highest BCUT2D eigenvalue weighted by atomic mass is 35.5. The van der Waals surface area contributed by atoms with Gasteiger partial charge in [-0.2, -0.15) is 5.10 Å². The predicted molar refractivity (Wildman–Crippen MR) is 120 cm³/mol. The number of halogens is 2. The molecule has 32 heavy (non-hydrogen) atoms. The fraction of sp³-hybridized carbons (Fsp3) is 0.0870. The first-order chi connectivity index (χ1) is 15.5. The van der Waals surface area contributed by atoms with Crippen LogP contribution < -0.4 is 20.2 Å². The summed E-state index contributed by atoms with van der Waals surface area (Å²) in [7, 11) is 1.52. The normalized spacial score (nSPS) is 10.6. The van der Waals surface area contributed by atoms with Crippen LogP contribution in [-0.4, -0.2) is 31.7 Å². The smallest absolute Gasteiger partial charge is 0.271 e. The molecule has 2 amide bonds. The molecule has 0 atom stereocenters. The van der Waals surface area contributed by atoms with E-state index in [9.17, 15) is 14.0 Å². The van der Waals surface area contributed by atoms with Gasteiger partial charge in [0.25, 0.3) is 11.8 Å². The molecule has 3 aromatic carbocycles. The van der Waals surface area contributed by atoms with Crippen LogP contribution in [-0.2, 0) is 4.79 Å². The van der Waals surface area contributed by atoms with E-state index in [1.54, 1.807) is 48.5 Å². The van der Waals surface area contributed by atoms with Crippen molar-refractivity contribution in [3.8, 4) is 11.5 Å². The van der Waals surface area contributed by atoms with Crippen LogP contribution in [0.25, 0.3) is 0 Å². The number of rotatable bonds is 8. The van der Waals surface area contributed by atoms with E-state index in [1.165, 1.54) is 31.5 Å². The lowest BCUT2D eigenvalue weighted by atomic mass is 10.2. The lowest BCUT2D eigenvalue weighted by Crippen LogP contribution is -2.20. The molecular formula is C23H19ClFN3O4.